The Morgan fingerprint density at radius 2 is 2.06 bits per heavy atom. The molecule has 1 aliphatic rings. The van der Waals surface area contributed by atoms with Crippen LogP contribution in [-0.2, 0) is 13.0 Å². The van der Waals surface area contributed by atoms with Crippen LogP contribution in [0.5, 0.6) is 5.75 Å². The number of ether oxygens (including phenoxy) is 1. The smallest absolute Gasteiger partial charge is 0.256 e. The predicted octanol–water partition coefficient (Wildman–Crippen LogP) is 4.41. The normalized spacial score (nSPS) is 16.4. The summed E-state index contributed by atoms with van der Waals surface area (Å²) in [7, 11) is 1.49. The van der Waals surface area contributed by atoms with Crippen LogP contribution in [-0.4, -0.2) is 35.7 Å². The third-order valence-corrected chi connectivity index (χ3v) is 6.60. The van der Waals surface area contributed by atoms with E-state index < -0.39 is 12.2 Å². The summed E-state index contributed by atoms with van der Waals surface area (Å²) < 4.78 is 38.3. The minimum absolute atomic E-state index is 0.0685. The number of H-pyrrole nitrogens is 1. The van der Waals surface area contributed by atoms with Crippen LogP contribution in [0.25, 0.3) is 11.0 Å². The van der Waals surface area contributed by atoms with Gasteiger partial charge in [0, 0.05) is 60.4 Å². The van der Waals surface area contributed by atoms with Crippen molar-refractivity contribution in [3.05, 3.63) is 57.2 Å². The summed E-state index contributed by atoms with van der Waals surface area (Å²) in [5, 5.41) is 15.0. The van der Waals surface area contributed by atoms with E-state index in [1.807, 2.05) is 24.8 Å². The Morgan fingerprint density at radius 1 is 1.32 bits per heavy atom. The number of alkyl halides is 2. The van der Waals surface area contributed by atoms with E-state index in [4.69, 9.17) is 9.15 Å². The zero-order valence-electron chi connectivity index (χ0n) is 19.9. The number of fused-ring (bicyclic) bond motifs is 1. The first-order valence-corrected chi connectivity index (χ1v) is 11.5. The molecule has 1 fully saturated rings. The van der Waals surface area contributed by atoms with Gasteiger partial charge in [0.2, 0.25) is 0 Å². The van der Waals surface area contributed by atoms with Gasteiger partial charge in [-0.3, -0.25) is 10.1 Å². The van der Waals surface area contributed by atoms with E-state index in [1.54, 1.807) is 25.3 Å². The maximum absolute atomic E-state index is 13.6. The first kappa shape index (κ1) is 24.2. The highest BCUT2D eigenvalue weighted by Crippen LogP contribution is 2.44. The van der Waals surface area contributed by atoms with Crippen LogP contribution >= 0.6 is 0 Å². The van der Waals surface area contributed by atoms with Crippen molar-refractivity contribution >= 4 is 16.7 Å². The molecule has 2 heterocycles. The first-order valence-electron chi connectivity index (χ1n) is 11.5. The number of aromatic amines is 1. The number of nitrogens with one attached hydrogen (secondary N) is 2. The number of nitrogens with zero attached hydrogens (tertiary/aromatic N) is 1. The zero-order valence-corrected chi connectivity index (χ0v) is 19.9. The maximum Gasteiger partial charge on any atom is 0.256 e. The third-order valence-electron chi connectivity index (χ3n) is 6.60. The van der Waals surface area contributed by atoms with E-state index in [2.05, 4.69) is 10.3 Å². The number of benzene rings is 1. The van der Waals surface area contributed by atoms with Gasteiger partial charge in [-0.25, -0.2) is 8.78 Å². The van der Waals surface area contributed by atoms with Gasteiger partial charge in [-0.05, 0) is 38.0 Å². The molecule has 0 spiro atoms. The van der Waals surface area contributed by atoms with Gasteiger partial charge in [-0.2, -0.15) is 0 Å². The van der Waals surface area contributed by atoms with E-state index in [0.29, 0.717) is 41.1 Å². The molecule has 0 saturated heterocycles. The van der Waals surface area contributed by atoms with Gasteiger partial charge in [-0.1, -0.05) is 6.92 Å². The number of aromatic nitrogens is 1. The molecule has 9 heteroatoms. The van der Waals surface area contributed by atoms with Crippen molar-refractivity contribution in [3.63, 3.8) is 0 Å². The van der Waals surface area contributed by atoms with Crippen LogP contribution in [0.15, 0.2) is 33.7 Å². The number of methoxy groups -OCH3 is 1. The molecule has 1 aliphatic carbocycles. The molecule has 1 aromatic carbocycles. The molecule has 4 rings (SSSR count). The Balaban J connectivity index is 1.71. The number of aliphatic hydroxyl groups is 1. The van der Waals surface area contributed by atoms with Crippen molar-refractivity contribution in [1.29, 1.82) is 0 Å². The molecule has 7 nitrogen and oxygen atoms in total. The molecule has 34 heavy (non-hydrogen) atoms. The van der Waals surface area contributed by atoms with Crippen LogP contribution in [0.1, 0.15) is 55.3 Å². The molecule has 3 aromatic rings. The number of pyridine rings is 1. The van der Waals surface area contributed by atoms with Gasteiger partial charge in [0.15, 0.2) is 0 Å². The Morgan fingerprint density at radius 3 is 2.68 bits per heavy atom. The van der Waals surface area contributed by atoms with E-state index in [9.17, 15) is 18.7 Å². The molecular weight excluding hydrogens is 444 g/mol. The summed E-state index contributed by atoms with van der Waals surface area (Å²) in [4.78, 5) is 17.2. The molecule has 0 amide bonds. The van der Waals surface area contributed by atoms with Crippen LogP contribution < -0.4 is 20.5 Å². The molecule has 1 atom stereocenters. The molecule has 0 radical (unpaired) electrons. The number of halogens is 2. The van der Waals surface area contributed by atoms with Crippen molar-refractivity contribution in [1.82, 2.24) is 10.3 Å². The second-order valence-corrected chi connectivity index (χ2v) is 8.79. The number of hydrogen-bond acceptors (Lipinski definition) is 6. The molecule has 1 saturated carbocycles. The lowest BCUT2D eigenvalue weighted by atomic mass is 9.85. The van der Waals surface area contributed by atoms with Crippen molar-refractivity contribution < 1.29 is 23.0 Å². The predicted molar refractivity (Wildman–Crippen MR) is 127 cm³/mol. The largest absolute Gasteiger partial charge is 0.496 e. The Labute approximate surface area is 196 Å². The van der Waals surface area contributed by atoms with Crippen molar-refractivity contribution in [2.45, 2.75) is 64.8 Å². The lowest BCUT2D eigenvalue weighted by Crippen LogP contribution is -2.51. The van der Waals surface area contributed by atoms with Crippen LogP contribution in [0.2, 0.25) is 0 Å². The Hall–Kier alpha value is -2.91. The SMILES string of the molecule is CCc1c(N(CC)C2CC(F)(F)C2)cc2occc2c1C(O)NCc1c(OC)cc(C)[nH]c1=O. The van der Waals surface area contributed by atoms with E-state index >= 15 is 0 Å². The van der Waals surface area contributed by atoms with E-state index in [0.717, 1.165) is 16.6 Å². The highest BCUT2D eigenvalue weighted by molar-refractivity contribution is 5.88. The topological polar surface area (TPSA) is 90.7 Å². The summed E-state index contributed by atoms with van der Waals surface area (Å²) in [6, 6.07) is 5.11. The third kappa shape index (κ3) is 4.42. The average molecular weight is 476 g/mol. The molecule has 3 N–H and O–H groups in total. The van der Waals surface area contributed by atoms with Gasteiger partial charge >= 0.3 is 0 Å². The Bertz CT molecular complexity index is 1230. The number of furan rings is 1. The van der Waals surface area contributed by atoms with Gasteiger partial charge in [-0.15, -0.1) is 0 Å². The van der Waals surface area contributed by atoms with Gasteiger partial charge in [0.25, 0.3) is 11.5 Å². The summed E-state index contributed by atoms with van der Waals surface area (Å²) in [6.07, 6.45) is 0.630. The number of anilines is 1. The van der Waals surface area contributed by atoms with Crippen LogP contribution in [0.4, 0.5) is 14.5 Å². The molecule has 1 unspecified atom stereocenters. The monoisotopic (exact) mass is 475 g/mol. The van der Waals surface area contributed by atoms with Crippen molar-refractivity contribution in [2.75, 3.05) is 18.6 Å². The molecule has 184 valence electrons. The standard InChI is InChI=1S/C25H31F2N3O4/c1-5-16-19(30(6-2)15-11-25(26,27)12-15)10-21-17(7-8-34-21)22(16)24(32)28-13-18-20(33-4)9-14(3)29-23(18)31/h7-10,15,24,28,32H,5-6,11-13H2,1-4H3,(H,29,31). The minimum Gasteiger partial charge on any atom is -0.496 e. The van der Waals surface area contributed by atoms with Crippen molar-refractivity contribution in [3.8, 4) is 5.75 Å². The van der Waals surface area contributed by atoms with Gasteiger partial charge in [0.05, 0.1) is 18.9 Å². The number of aliphatic hydroxyl groups excluding tert-OH is 1. The van der Waals surface area contributed by atoms with E-state index in [-0.39, 0.29) is 31.0 Å². The quantitative estimate of drug-likeness (QED) is 0.398. The number of hydrogen-bond donors (Lipinski definition) is 3. The average Bonchev–Trinajstić information content (AvgIpc) is 3.24. The lowest BCUT2D eigenvalue weighted by molar-refractivity contribution is -0.0856. The molecule has 0 bridgehead atoms. The van der Waals surface area contributed by atoms with E-state index in [1.165, 1.54) is 7.11 Å². The van der Waals surface area contributed by atoms with Gasteiger partial charge in [0.1, 0.15) is 17.6 Å². The zero-order chi connectivity index (χ0) is 24.6. The lowest BCUT2D eigenvalue weighted by Gasteiger charge is -2.44. The fraction of sp³-hybridized carbons (Fsp3) is 0.480. The molecular formula is C25H31F2N3O4. The number of aryl methyl sites for hydroxylation is 1. The first-order chi connectivity index (χ1) is 16.2. The Kier molecular flexibility index (Phi) is 6.69. The summed E-state index contributed by atoms with van der Waals surface area (Å²) >= 11 is 0. The summed E-state index contributed by atoms with van der Waals surface area (Å²) in [5.74, 6) is -2.20. The maximum atomic E-state index is 13.6. The van der Waals surface area contributed by atoms with Gasteiger partial charge < -0.3 is 24.1 Å². The fourth-order valence-corrected chi connectivity index (χ4v) is 4.92. The van der Waals surface area contributed by atoms with Crippen LogP contribution in [0, 0.1) is 6.92 Å². The molecule has 0 aliphatic heterocycles. The summed E-state index contributed by atoms with van der Waals surface area (Å²) in [6.45, 7) is 6.30. The summed E-state index contributed by atoms with van der Waals surface area (Å²) in [5.41, 5.74) is 3.59. The highest BCUT2D eigenvalue weighted by Gasteiger charge is 2.48. The number of rotatable bonds is 9. The fourth-order valence-electron chi connectivity index (χ4n) is 4.92. The minimum atomic E-state index is -2.64. The second-order valence-electron chi connectivity index (χ2n) is 8.79. The second kappa shape index (κ2) is 9.38. The molecule has 2 aromatic heterocycles. The van der Waals surface area contributed by atoms with Crippen LogP contribution in [0.3, 0.4) is 0 Å². The van der Waals surface area contributed by atoms with Crippen molar-refractivity contribution in [2.24, 2.45) is 0 Å². The highest BCUT2D eigenvalue weighted by atomic mass is 19.3.